The molecule has 104 valence electrons. The Morgan fingerprint density at radius 2 is 2.06 bits per heavy atom. The fourth-order valence-electron chi connectivity index (χ4n) is 3.95. The van der Waals surface area contributed by atoms with Crippen LogP contribution >= 0.6 is 11.8 Å². The van der Waals surface area contributed by atoms with Crippen LogP contribution in [0.5, 0.6) is 0 Å². The average molecular weight is 268 g/mol. The number of hydrogen-bond acceptors (Lipinski definition) is 3. The van der Waals surface area contributed by atoms with Crippen LogP contribution in [0, 0.1) is 0 Å². The first-order chi connectivity index (χ1) is 8.77. The van der Waals surface area contributed by atoms with Crippen molar-refractivity contribution in [1.82, 2.24) is 10.2 Å². The monoisotopic (exact) mass is 268 g/mol. The quantitative estimate of drug-likeness (QED) is 0.829. The third kappa shape index (κ3) is 2.88. The lowest BCUT2D eigenvalue weighted by molar-refractivity contribution is 0.0631. The van der Waals surface area contributed by atoms with Gasteiger partial charge >= 0.3 is 0 Å². The van der Waals surface area contributed by atoms with E-state index in [1.165, 1.54) is 70.3 Å². The van der Waals surface area contributed by atoms with Crippen LogP contribution in [0.2, 0.25) is 0 Å². The minimum atomic E-state index is 0.480. The van der Waals surface area contributed by atoms with Gasteiger partial charge in [0.1, 0.15) is 0 Å². The topological polar surface area (TPSA) is 15.3 Å². The fraction of sp³-hybridized carbons (Fsp3) is 1.00. The molecule has 2 atom stereocenters. The largest absolute Gasteiger partial charge is 0.308 e. The van der Waals surface area contributed by atoms with E-state index >= 15 is 0 Å². The molecule has 0 aromatic rings. The van der Waals surface area contributed by atoms with E-state index in [9.17, 15) is 0 Å². The van der Waals surface area contributed by atoms with Gasteiger partial charge in [-0.15, -0.1) is 0 Å². The summed E-state index contributed by atoms with van der Waals surface area (Å²) < 4.78 is 0. The van der Waals surface area contributed by atoms with Gasteiger partial charge in [-0.1, -0.05) is 19.3 Å². The van der Waals surface area contributed by atoms with Gasteiger partial charge < -0.3 is 5.32 Å². The number of thioether (sulfide) groups is 1. The molecular formula is C15H28N2S. The SMILES string of the molecule is CC1CNC2(CCCCC2)CN1CC1CCCS1. The molecule has 0 bridgehead atoms. The van der Waals surface area contributed by atoms with Crippen LogP contribution in [0.1, 0.15) is 51.9 Å². The summed E-state index contributed by atoms with van der Waals surface area (Å²) in [5, 5.41) is 4.81. The average Bonchev–Trinajstić information content (AvgIpc) is 2.88. The van der Waals surface area contributed by atoms with Crippen molar-refractivity contribution in [2.45, 2.75) is 68.7 Å². The van der Waals surface area contributed by atoms with Crippen LogP contribution in [0.3, 0.4) is 0 Å². The zero-order valence-electron chi connectivity index (χ0n) is 11.8. The molecule has 3 aliphatic rings. The second-order valence-corrected chi connectivity index (χ2v) is 8.04. The fourth-order valence-corrected chi connectivity index (χ4v) is 5.25. The third-order valence-electron chi connectivity index (χ3n) is 5.17. The summed E-state index contributed by atoms with van der Waals surface area (Å²) in [5.74, 6) is 1.40. The summed E-state index contributed by atoms with van der Waals surface area (Å²) in [6.45, 7) is 6.26. The molecule has 3 fully saturated rings. The van der Waals surface area contributed by atoms with E-state index in [1.54, 1.807) is 0 Å². The van der Waals surface area contributed by atoms with Crippen molar-refractivity contribution in [3.8, 4) is 0 Å². The Kier molecular flexibility index (Phi) is 4.21. The Hall–Kier alpha value is 0.270. The van der Waals surface area contributed by atoms with Crippen molar-refractivity contribution in [2.24, 2.45) is 0 Å². The Labute approximate surface area is 116 Å². The van der Waals surface area contributed by atoms with Gasteiger partial charge in [0.05, 0.1) is 0 Å². The van der Waals surface area contributed by atoms with E-state index in [1.807, 2.05) is 0 Å². The number of piperazine rings is 1. The maximum Gasteiger partial charge on any atom is 0.0309 e. The predicted molar refractivity (Wildman–Crippen MR) is 80.3 cm³/mol. The normalized spacial score (nSPS) is 37.2. The highest BCUT2D eigenvalue weighted by Gasteiger charge is 2.39. The zero-order chi connectivity index (χ0) is 12.4. The van der Waals surface area contributed by atoms with Gasteiger partial charge in [-0.05, 0) is 38.4 Å². The highest BCUT2D eigenvalue weighted by molar-refractivity contribution is 8.00. The molecule has 1 spiro atoms. The van der Waals surface area contributed by atoms with E-state index in [-0.39, 0.29) is 0 Å². The van der Waals surface area contributed by atoms with Crippen molar-refractivity contribution in [1.29, 1.82) is 0 Å². The van der Waals surface area contributed by atoms with Crippen molar-refractivity contribution in [2.75, 3.05) is 25.4 Å². The minimum absolute atomic E-state index is 0.480. The zero-order valence-corrected chi connectivity index (χ0v) is 12.6. The number of nitrogens with zero attached hydrogens (tertiary/aromatic N) is 1. The van der Waals surface area contributed by atoms with E-state index < -0.39 is 0 Å². The molecule has 2 saturated heterocycles. The van der Waals surface area contributed by atoms with E-state index in [0.717, 1.165) is 11.3 Å². The first-order valence-corrected chi connectivity index (χ1v) is 8.93. The maximum atomic E-state index is 3.89. The molecule has 18 heavy (non-hydrogen) atoms. The summed E-state index contributed by atoms with van der Waals surface area (Å²) in [6.07, 6.45) is 10.1. The standard InChI is InChI=1S/C15H28N2S/c1-13-10-16-15(7-3-2-4-8-15)12-17(13)11-14-6-5-9-18-14/h13-14,16H,2-12H2,1H3. The highest BCUT2D eigenvalue weighted by atomic mass is 32.2. The first-order valence-electron chi connectivity index (χ1n) is 7.88. The second-order valence-electron chi connectivity index (χ2n) is 6.64. The van der Waals surface area contributed by atoms with Crippen LogP contribution < -0.4 is 5.32 Å². The Morgan fingerprint density at radius 3 is 2.78 bits per heavy atom. The lowest BCUT2D eigenvalue weighted by Gasteiger charge is -2.49. The molecule has 1 saturated carbocycles. The third-order valence-corrected chi connectivity index (χ3v) is 6.55. The molecule has 2 unspecified atom stereocenters. The molecule has 0 amide bonds. The molecule has 2 heterocycles. The molecule has 1 N–H and O–H groups in total. The van der Waals surface area contributed by atoms with Gasteiger partial charge in [-0.2, -0.15) is 11.8 Å². The van der Waals surface area contributed by atoms with Crippen molar-refractivity contribution < 1.29 is 0 Å². The summed E-state index contributed by atoms with van der Waals surface area (Å²) >= 11 is 2.21. The van der Waals surface area contributed by atoms with Crippen molar-refractivity contribution in [3.05, 3.63) is 0 Å². The summed E-state index contributed by atoms with van der Waals surface area (Å²) in [5.41, 5.74) is 0.480. The smallest absolute Gasteiger partial charge is 0.0309 e. The minimum Gasteiger partial charge on any atom is -0.308 e. The summed E-state index contributed by atoms with van der Waals surface area (Å²) in [7, 11) is 0. The predicted octanol–water partition coefficient (Wildman–Crippen LogP) is 2.88. The first kappa shape index (κ1) is 13.3. The maximum absolute atomic E-state index is 3.89. The van der Waals surface area contributed by atoms with Gasteiger partial charge in [0, 0.05) is 36.5 Å². The molecule has 2 aliphatic heterocycles. The molecule has 1 aliphatic carbocycles. The molecule has 0 aromatic heterocycles. The van der Waals surface area contributed by atoms with Crippen molar-refractivity contribution in [3.63, 3.8) is 0 Å². The second kappa shape index (κ2) is 5.72. The van der Waals surface area contributed by atoms with E-state index in [0.29, 0.717) is 5.54 Å². The Balaban J connectivity index is 1.60. The lowest BCUT2D eigenvalue weighted by atomic mass is 9.79. The van der Waals surface area contributed by atoms with Crippen LogP contribution in [0.15, 0.2) is 0 Å². The van der Waals surface area contributed by atoms with Crippen LogP contribution in [-0.2, 0) is 0 Å². The van der Waals surface area contributed by atoms with Crippen LogP contribution in [-0.4, -0.2) is 47.1 Å². The number of rotatable bonds is 2. The lowest BCUT2D eigenvalue weighted by Crippen LogP contribution is -2.64. The van der Waals surface area contributed by atoms with Gasteiger partial charge in [0.2, 0.25) is 0 Å². The molecule has 3 rings (SSSR count). The highest BCUT2D eigenvalue weighted by Crippen LogP contribution is 2.33. The van der Waals surface area contributed by atoms with Gasteiger partial charge in [0.25, 0.3) is 0 Å². The molecule has 3 heteroatoms. The molecule has 2 nitrogen and oxygen atoms in total. The summed E-state index contributed by atoms with van der Waals surface area (Å²) in [6, 6.07) is 0.735. The number of nitrogens with one attached hydrogen (secondary N) is 1. The molecule has 0 aromatic carbocycles. The number of hydrogen-bond donors (Lipinski definition) is 1. The van der Waals surface area contributed by atoms with Crippen LogP contribution in [0.25, 0.3) is 0 Å². The van der Waals surface area contributed by atoms with Gasteiger partial charge in [0.15, 0.2) is 0 Å². The van der Waals surface area contributed by atoms with Crippen molar-refractivity contribution >= 4 is 11.8 Å². The van der Waals surface area contributed by atoms with E-state index in [4.69, 9.17) is 0 Å². The summed E-state index contributed by atoms with van der Waals surface area (Å²) in [4.78, 5) is 2.80. The van der Waals surface area contributed by atoms with Crippen LogP contribution in [0.4, 0.5) is 0 Å². The Morgan fingerprint density at radius 1 is 1.22 bits per heavy atom. The molecule has 0 radical (unpaired) electrons. The van der Waals surface area contributed by atoms with E-state index in [2.05, 4.69) is 28.9 Å². The Bertz CT molecular complexity index is 270. The van der Waals surface area contributed by atoms with Gasteiger partial charge in [-0.25, -0.2) is 0 Å². The molecular weight excluding hydrogens is 240 g/mol. The van der Waals surface area contributed by atoms with Gasteiger partial charge in [-0.3, -0.25) is 4.90 Å².